The number of likely N-dealkylation sites (N-methyl/N-ethyl adjacent to an activating group) is 1. The number of ether oxygens (including phenoxy) is 2. The van der Waals surface area contributed by atoms with Gasteiger partial charge in [-0.25, -0.2) is 14.5 Å². The zero-order valence-corrected chi connectivity index (χ0v) is 16.0. The van der Waals surface area contributed by atoms with Gasteiger partial charge < -0.3 is 9.47 Å². The maximum absolute atomic E-state index is 12.4. The first-order valence-corrected chi connectivity index (χ1v) is 9.47. The summed E-state index contributed by atoms with van der Waals surface area (Å²) >= 11 is 0. The molecule has 0 aromatic heterocycles. The van der Waals surface area contributed by atoms with Crippen LogP contribution in [0.15, 0.2) is 66.7 Å². The number of benzene rings is 2. The number of carbonyl (C=O) groups excluding carboxylic acids is 2. The summed E-state index contributed by atoms with van der Waals surface area (Å²) in [7, 11) is 1.83. The van der Waals surface area contributed by atoms with Crippen LogP contribution in [-0.2, 0) is 19.1 Å². The van der Waals surface area contributed by atoms with Crippen LogP contribution in [-0.4, -0.2) is 36.3 Å². The monoisotopic (exact) mass is 377 g/mol. The molecule has 2 aliphatic heterocycles. The van der Waals surface area contributed by atoms with E-state index in [1.807, 2.05) is 54.4 Å². The molecule has 144 valence electrons. The van der Waals surface area contributed by atoms with Crippen molar-refractivity contribution in [3.05, 3.63) is 83.4 Å². The average molecular weight is 377 g/mol. The first kappa shape index (κ1) is 18.4. The number of carbonyl (C=O) groups is 2. The van der Waals surface area contributed by atoms with Gasteiger partial charge in [-0.05, 0) is 37.1 Å². The molecule has 1 spiro atoms. The van der Waals surface area contributed by atoms with E-state index in [-0.39, 0.29) is 11.8 Å². The lowest BCUT2D eigenvalue weighted by atomic mass is 9.73. The van der Waals surface area contributed by atoms with Crippen molar-refractivity contribution in [3.63, 3.8) is 0 Å². The van der Waals surface area contributed by atoms with Gasteiger partial charge in [-0.1, -0.05) is 54.6 Å². The van der Waals surface area contributed by atoms with Crippen LogP contribution in [0.3, 0.4) is 0 Å². The second-order valence-electron chi connectivity index (χ2n) is 7.37. The molecule has 1 fully saturated rings. The van der Waals surface area contributed by atoms with Gasteiger partial charge in [0.1, 0.15) is 0 Å². The number of aryl methyl sites for hydroxylation is 1. The lowest BCUT2D eigenvalue weighted by Gasteiger charge is -2.50. The van der Waals surface area contributed by atoms with Crippen LogP contribution in [0, 0.1) is 6.92 Å². The Labute approximate surface area is 164 Å². The van der Waals surface area contributed by atoms with Crippen molar-refractivity contribution in [2.24, 2.45) is 0 Å². The third kappa shape index (κ3) is 3.12. The van der Waals surface area contributed by atoms with E-state index in [9.17, 15) is 9.59 Å². The van der Waals surface area contributed by atoms with Crippen LogP contribution in [0.1, 0.15) is 34.9 Å². The molecule has 28 heavy (non-hydrogen) atoms. The molecule has 0 aliphatic carbocycles. The average Bonchev–Trinajstić information content (AvgIpc) is 2.84. The summed E-state index contributed by atoms with van der Waals surface area (Å²) in [5.41, 5.74) is 3.30. The van der Waals surface area contributed by atoms with E-state index in [4.69, 9.17) is 9.47 Å². The lowest BCUT2D eigenvalue weighted by molar-refractivity contribution is -0.300. The Morgan fingerprint density at radius 2 is 1.54 bits per heavy atom. The predicted octanol–water partition coefficient (Wildman–Crippen LogP) is 3.51. The number of rotatable bonds is 2. The predicted molar refractivity (Wildman–Crippen MR) is 104 cm³/mol. The van der Waals surface area contributed by atoms with Gasteiger partial charge in [0, 0.05) is 24.6 Å². The molecular weight excluding hydrogens is 354 g/mol. The Morgan fingerprint density at radius 1 is 0.929 bits per heavy atom. The second-order valence-corrected chi connectivity index (χ2v) is 7.37. The van der Waals surface area contributed by atoms with E-state index in [0.29, 0.717) is 6.54 Å². The highest BCUT2D eigenvalue weighted by Gasteiger charge is 2.57. The molecule has 0 saturated carbocycles. The summed E-state index contributed by atoms with van der Waals surface area (Å²) in [5, 5.41) is 0. The molecule has 2 heterocycles. The Balaban J connectivity index is 1.91. The molecule has 0 bridgehead atoms. The minimum Gasteiger partial charge on any atom is -0.404 e. The number of nitrogens with zero attached hydrogens (tertiary/aromatic N) is 1. The van der Waals surface area contributed by atoms with Crippen LogP contribution in [0.4, 0.5) is 0 Å². The van der Waals surface area contributed by atoms with E-state index in [1.54, 1.807) is 0 Å². The van der Waals surface area contributed by atoms with Gasteiger partial charge in [0.25, 0.3) is 0 Å². The topological polar surface area (TPSA) is 55.8 Å². The van der Waals surface area contributed by atoms with Gasteiger partial charge in [0.15, 0.2) is 0 Å². The van der Waals surface area contributed by atoms with Crippen molar-refractivity contribution in [3.8, 4) is 0 Å². The maximum atomic E-state index is 12.4. The first-order valence-electron chi connectivity index (χ1n) is 9.47. The van der Waals surface area contributed by atoms with Crippen molar-refractivity contribution in [1.82, 2.24) is 4.90 Å². The molecule has 0 radical (unpaired) electrons. The summed E-state index contributed by atoms with van der Waals surface area (Å²) in [6, 6.07) is 18.0. The lowest BCUT2D eigenvalue weighted by Crippen LogP contribution is -2.61. The van der Waals surface area contributed by atoms with Gasteiger partial charge in [0.05, 0.1) is 5.92 Å². The molecule has 2 aromatic rings. The molecule has 5 heteroatoms. The van der Waals surface area contributed by atoms with Crippen LogP contribution < -0.4 is 0 Å². The summed E-state index contributed by atoms with van der Waals surface area (Å²) in [4.78, 5) is 26.6. The van der Waals surface area contributed by atoms with E-state index in [0.717, 1.165) is 29.7 Å². The highest BCUT2D eigenvalue weighted by molar-refractivity contribution is 5.93. The fourth-order valence-electron chi connectivity index (χ4n) is 4.38. The van der Waals surface area contributed by atoms with Crippen molar-refractivity contribution in [2.75, 3.05) is 13.6 Å². The molecule has 5 nitrogen and oxygen atoms in total. The number of piperidine rings is 1. The summed E-state index contributed by atoms with van der Waals surface area (Å²) in [5.74, 6) is -2.99. The fourth-order valence-corrected chi connectivity index (χ4v) is 4.38. The van der Waals surface area contributed by atoms with Crippen molar-refractivity contribution in [2.45, 2.75) is 31.1 Å². The number of likely N-dealkylation sites (tertiary alicyclic amines) is 1. The largest absolute Gasteiger partial charge is 0.404 e. The third-order valence-corrected chi connectivity index (χ3v) is 5.70. The summed E-state index contributed by atoms with van der Waals surface area (Å²) in [6.07, 6.45) is 3.11. The minimum absolute atomic E-state index is 0.0264. The van der Waals surface area contributed by atoms with E-state index in [1.165, 1.54) is 5.56 Å². The van der Waals surface area contributed by atoms with Gasteiger partial charge in [0.2, 0.25) is 0 Å². The zero-order valence-electron chi connectivity index (χ0n) is 16.0. The van der Waals surface area contributed by atoms with Gasteiger partial charge in [-0.2, -0.15) is 0 Å². The Morgan fingerprint density at radius 3 is 2.18 bits per heavy atom. The Bertz CT molecular complexity index is 901. The van der Waals surface area contributed by atoms with Crippen LogP contribution >= 0.6 is 0 Å². The Kier molecular flexibility index (Phi) is 4.77. The van der Waals surface area contributed by atoms with Crippen LogP contribution in [0.5, 0.6) is 0 Å². The highest BCUT2D eigenvalue weighted by Crippen LogP contribution is 2.51. The van der Waals surface area contributed by atoms with Crippen LogP contribution in [0.25, 0.3) is 0 Å². The molecule has 2 aromatic carbocycles. The fraction of sp³-hybridized carbons (Fsp3) is 0.304. The highest BCUT2D eigenvalue weighted by atomic mass is 16.8. The normalized spacial score (nSPS) is 24.5. The van der Waals surface area contributed by atoms with Crippen molar-refractivity contribution < 1.29 is 19.1 Å². The van der Waals surface area contributed by atoms with Crippen molar-refractivity contribution in [1.29, 1.82) is 0 Å². The molecule has 0 amide bonds. The number of esters is 2. The molecule has 2 atom stereocenters. The maximum Gasteiger partial charge on any atom is 0.335 e. The molecule has 4 rings (SSSR count). The zero-order chi connectivity index (χ0) is 19.7. The van der Waals surface area contributed by atoms with Gasteiger partial charge in [-0.15, -0.1) is 0 Å². The molecule has 2 aliphatic rings. The molecule has 0 N–H and O–H groups in total. The number of hydrogen-bond acceptors (Lipinski definition) is 5. The summed E-state index contributed by atoms with van der Waals surface area (Å²) in [6.45, 7) is 2.71. The Hall–Kier alpha value is -2.92. The van der Waals surface area contributed by atoms with Crippen molar-refractivity contribution >= 4 is 11.9 Å². The van der Waals surface area contributed by atoms with E-state index < -0.39 is 17.8 Å². The second kappa shape index (κ2) is 7.24. The van der Waals surface area contributed by atoms with Gasteiger partial charge >= 0.3 is 17.8 Å². The molecule has 1 saturated heterocycles. The van der Waals surface area contributed by atoms with E-state index in [2.05, 4.69) is 19.1 Å². The minimum atomic E-state index is -1.50. The molecular formula is C23H23NO4. The third-order valence-electron chi connectivity index (χ3n) is 5.70. The summed E-state index contributed by atoms with van der Waals surface area (Å²) < 4.78 is 11.7. The quantitative estimate of drug-likeness (QED) is 0.750. The standard InChI is InChI=1S/C23H23NO4/c1-16-8-6-7-11-18(16)19-14-15-24(2)23(22(19)17-9-4-3-5-10-17)27-20(25)12-13-21(26)28-23/h3-13,19,22H,14-15H2,1-2H3. The smallest absolute Gasteiger partial charge is 0.335 e. The first-order chi connectivity index (χ1) is 13.5. The van der Waals surface area contributed by atoms with E-state index >= 15 is 0 Å². The number of hydrogen-bond donors (Lipinski definition) is 0. The SMILES string of the molecule is Cc1ccccc1C1CCN(C)C2(OC(=O)C=CC(=O)O2)C1c1ccccc1. The molecule has 2 unspecified atom stereocenters. The van der Waals surface area contributed by atoms with Crippen LogP contribution in [0.2, 0.25) is 0 Å². The van der Waals surface area contributed by atoms with Gasteiger partial charge in [-0.3, -0.25) is 0 Å².